The third-order valence-corrected chi connectivity index (χ3v) is 4.73. The summed E-state index contributed by atoms with van der Waals surface area (Å²) in [4.78, 5) is 32.4. The number of carbonyl (C=O) groups excluding carboxylic acids is 3. The Morgan fingerprint density at radius 2 is 2.05 bits per heavy atom. The molecule has 0 saturated heterocycles. The molecule has 6 nitrogen and oxygen atoms in total. The van der Waals surface area contributed by atoms with E-state index in [0.29, 0.717) is 37.6 Å². The van der Waals surface area contributed by atoms with Crippen LogP contribution in [-0.2, 0) is 19.1 Å². The minimum Gasteiger partial charge on any atom is -0.465 e. The average molecular weight is 322 g/mol. The number of ketones is 1. The van der Waals surface area contributed by atoms with Gasteiger partial charge in [-0.1, -0.05) is 21.6 Å². The lowest BCUT2D eigenvalue weighted by molar-refractivity contribution is -0.140. The van der Waals surface area contributed by atoms with Gasteiger partial charge in [0.05, 0.1) is 5.54 Å². The van der Waals surface area contributed by atoms with Crippen LogP contribution in [0, 0.1) is 0 Å². The van der Waals surface area contributed by atoms with Gasteiger partial charge in [0, 0.05) is 37.9 Å². The van der Waals surface area contributed by atoms with Crippen molar-refractivity contribution < 1.29 is 19.1 Å². The predicted molar refractivity (Wildman–Crippen MR) is 82.7 cm³/mol. The summed E-state index contributed by atoms with van der Waals surface area (Å²) in [6, 6.07) is 0. The zero-order valence-electron chi connectivity index (χ0n) is 11.8. The van der Waals surface area contributed by atoms with E-state index < -0.39 is 5.54 Å². The topological polar surface area (TPSA) is 98.5 Å². The van der Waals surface area contributed by atoms with Crippen LogP contribution in [0.5, 0.6) is 0 Å². The van der Waals surface area contributed by atoms with Gasteiger partial charge in [-0.2, -0.15) is 0 Å². The Labute approximate surface area is 127 Å². The van der Waals surface area contributed by atoms with Gasteiger partial charge in [0.1, 0.15) is 18.7 Å². The summed E-state index contributed by atoms with van der Waals surface area (Å²) in [5.41, 5.74) is 4.99. The van der Waals surface area contributed by atoms with Gasteiger partial charge in [-0.25, -0.2) is 0 Å². The Kier molecular flexibility index (Phi) is 10.8. The quantitative estimate of drug-likeness (QED) is 0.230. The number of nitrogens with two attached hydrogens (primary N) is 1. The maximum atomic E-state index is 11.0. The van der Waals surface area contributed by atoms with E-state index in [1.165, 1.54) is 35.4 Å². The number of esters is 1. The molecule has 0 amide bonds. The third-order valence-electron chi connectivity index (χ3n) is 2.23. The van der Waals surface area contributed by atoms with Crippen molar-refractivity contribution in [2.75, 3.05) is 31.2 Å². The van der Waals surface area contributed by atoms with Gasteiger partial charge < -0.3 is 20.6 Å². The van der Waals surface area contributed by atoms with Crippen LogP contribution in [0.3, 0.4) is 0 Å². The summed E-state index contributed by atoms with van der Waals surface area (Å²) in [7, 11) is 2.96. The summed E-state index contributed by atoms with van der Waals surface area (Å²) in [6.45, 7) is 4.09. The Bertz CT molecular complexity index is 329. The van der Waals surface area contributed by atoms with Crippen molar-refractivity contribution in [3.05, 3.63) is 0 Å². The molecular formula is C12H22N2O4S2. The number of aldehydes is 1. The molecule has 1 unspecified atom stereocenters. The smallest absolute Gasteiger partial charge is 0.302 e. The normalized spacial score (nSPS) is 13.6. The second-order valence-electron chi connectivity index (χ2n) is 4.40. The SMILES string of the molecule is CC(=O)CCNCC(N)(C=O)CSSCCOC(C)=O. The molecule has 0 fully saturated rings. The zero-order valence-corrected chi connectivity index (χ0v) is 13.5. The highest BCUT2D eigenvalue weighted by molar-refractivity contribution is 8.76. The molecule has 20 heavy (non-hydrogen) atoms. The minimum atomic E-state index is -0.949. The first kappa shape index (κ1) is 19.4. The van der Waals surface area contributed by atoms with E-state index in [9.17, 15) is 14.4 Å². The van der Waals surface area contributed by atoms with Gasteiger partial charge in [0.2, 0.25) is 0 Å². The molecule has 3 N–H and O–H groups in total. The van der Waals surface area contributed by atoms with Gasteiger partial charge in [-0.15, -0.1) is 0 Å². The lowest BCUT2D eigenvalue weighted by atomic mass is 10.1. The van der Waals surface area contributed by atoms with Crippen LogP contribution in [0.15, 0.2) is 0 Å². The molecule has 0 saturated carbocycles. The molecule has 0 aliphatic carbocycles. The van der Waals surface area contributed by atoms with Crippen molar-refractivity contribution in [2.24, 2.45) is 5.73 Å². The van der Waals surface area contributed by atoms with E-state index in [-0.39, 0.29) is 11.8 Å². The van der Waals surface area contributed by atoms with Crippen molar-refractivity contribution in [2.45, 2.75) is 25.8 Å². The fraction of sp³-hybridized carbons (Fsp3) is 0.750. The first-order valence-electron chi connectivity index (χ1n) is 6.23. The maximum Gasteiger partial charge on any atom is 0.302 e. The van der Waals surface area contributed by atoms with Gasteiger partial charge in [0.15, 0.2) is 0 Å². The molecule has 0 aliphatic rings. The first-order chi connectivity index (χ1) is 9.39. The van der Waals surface area contributed by atoms with Crippen molar-refractivity contribution in [3.63, 3.8) is 0 Å². The molecule has 0 radical (unpaired) electrons. The van der Waals surface area contributed by atoms with E-state index in [0.717, 1.165) is 6.29 Å². The Morgan fingerprint density at radius 3 is 2.60 bits per heavy atom. The number of nitrogens with one attached hydrogen (secondary N) is 1. The minimum absolute atomic E-state index is 0.0987. The molecule has 8 heteroatoms. The van der Waals surface area contributed by atoms with Crippen molar-refractivity contribution in [3.8, 4) is 0 Å². The molecule has 0 aliphatic heterocycles. The number of carbonyl (C=O) groups is 3. The zero-order chi connectivity index (χ0) is 15.4. The lowest BCUT2D eigenvalue weighted by Crippen LogP contribution is -2.52. The molecular weight excluding hydrogens is 300 g/mol. The number of hydrogen-bond acceptors (Lipinski definition) is 8. The number of ether oxygens (including phenoxy) is 1. The van der Waals surface area contributed by atoms with Crippen LogP contribution in [0.1, 0.15) is 20.3 Å². The Hall–Kier alpha value is -0.570. The monoisotopic (exact) mass is 322 g/mol. The Morgan fingerprint density at radius 1 is 1.35 bits per heavy atom. The summed E-state index contributed by atoms with van der Waals surface area (Å²) in [5, 5.41) is 3.01. The van der Waals surface area contributed by atoms with Crippen LogP contribution in [-0.4, -0.2) is 54.8 Å². The van der Waals surface area contributed by atoms with Crippen LogP contribution in [0.25, 0.3) is 0 Å². The average Bonchev–Trinajstić information content (AvgIpc) is 2.38. The largest absolute Gasteiger partial charge is 0.465 e. The van der Waals surface area contributed by atoms with Crippen molar-refractivity contribution >= 4 is 39.6 Å². The van der Waals surface area contributed by atoms with E-state index in [2.05, 4.69) is 5.32 Å². The van der Waals surface area contributed by atoms with Crippen LogP contribution < -0.4 is 11.1 Å². The predicted octanol–water partition coefficient (Wildman–Crippen LogP) is 0.396. The molecule has 0 spiro atoms. The molecule has 0 rings (SSSR count). The molecule has 0 bridgehead atoms. The molecule has 0 aromatic heterocycles. The van der Waals surface area contributed by atoms with Gasteiger partial charge in [0.25, 0.3) is 0 Å². The molecule has 0 aromatic carbocycles. The first-order valence-corrected chi connectivity index (χ1v) is 8.71. The number of Topliss-reactive ketones (excluding diaryl/α,β-unsaturated/α-hetero) is 1. The van der Waals surface area contributed by atoms with E-state index in [4.69, 9.17) is 10.5 Å². The van der Waals surface area contributed by atoms with E-state index in [1.54, 1.807) is 0 Å². The van der Waals surface area contributed by atoms with Crippen molar-refractivity contribution in [1.82, 2.24) is 5.32 Å². The molecule has 1 atom stereocenters. The lowest BCUT2D eigenvalue weighted by Gasteiger charge is -2.22. The fourth-order valence-corrected chi connectivity index (χ4v) is 3.35. The standard InChI is InChI=1S/C12H22N2O4S2/c1-10(16)3-4-14-7-12(13,8-15)9-20-19-6-5-18-11(2)17/h8,14H,3-7,9,13H2,1-2H3. The highest BCUT2D eigenvalue weighted by Crippen LogP contribution is 2.23. The highest BCUT2D eigenvalue weighted by Gasteiger charge is 2.24. The Balaban J connectivity index is 3.73. The molecule has 116 valence electrons. The van der Waals surface area contributed by atoms with Crippen LogP contribution in [0.2, 0.25) is 0 Å². The summed E-state index contributed by atoms with van der Waals surface area (Å²) in [6.07, 6.45) is 1.16. The fourth-order valence-electron chi connectivity index (χ4n) is 1.14. The summed E-state index contributed by atoms with van der Waals surface area (Å²) >= 11 is 0. The number of hydrogen-bond donors (Lipinski definition) is 2. The van der Waals surface area contributed by atoms with Crippen LogP contribution >= 0.6 is 21.6 Å². The summed E-state index contributed by atoms with van der Waals surface area (Å²) < 4.78 is 4.78. The molecule has 0 heterocycles. The third kappa shape index (κ3) is 11.3. The van der Waals surface area contributed by atoms with Crippen LogP contribution in [0.4, 0.5) is 0 Å². The van der Waals surface area contributed by atoms with E-state index >= 15 is 0 Å². The highest BCUT2D eigenvalue weighted by atomic mass is 33.1. The van der Waals surface area contributed by atoms with Gasteiger partial charge in [-0.05, 0) is 6.92 Å². The second kappa shape index (κ2) is 11.1. The molecule has 0 aromatic rings. The van der Waals surface area contributed by atoms with E-state index in [1.807, 2.05) is 0 Å². The number of rotatable bonds is 12. The van der Waals surface area contributed by atoms with Gasteiger partial charge >= 0.3 is 5.97 Å². The van der Waals surface area contributed by atoms with Gasteiger partial charge in [-0.3, -0.25) is 9.59 Å². The maximum absolute atomic E-state index is 11.0. The van der Waals surface area contributed by atoms with Crippen molar-refractivity contribution in [1.29, 1.82) is 0 Å². The second-order valence-corrected chi connectivity index (χ2v) is 6.99. The summed E-state index contributed by atoms with van der Waals surface area (Å²) in [5.74, 6) is 0.901.